The fourth-order valence-corrected chi connectivity index (χ4v) is 3.61. The van der Waals surface area contributed by atoms with Gasteiger partial charge in [0.1, 0.15) is 11.5 Å². The second kappa shape index (κ2) is 16.3. The van der Waals surface area contributed by atoms with Crippen LogP contribution in [0.15, 0.2) is 77.0 Å². The Bertz CT molecular complexity index is 1280. The lowest BCUT2D eigenvalue weighted by molar-refractivity contribution is 0.0524. The van der Waals surface area contributed by atoms with Gasteiger partial charge < -0.3 is 18.9 Å². The van der Waals surface area contributed by atoms with E-state index in [4.69, 9.17) is 24.2 Å². The molecular weight excluding hydrogens is 510 g/mol. The first-order valence-electron chi connectivity index (χ1n) is 13.3. The van der Waals surface area contributed by atoms with Gasteiger partial charge in [-0.2, -0.15) is 15.5 Å². The molecule has 208 valence electrons. The van der Waals surface area contributed by atoms with Crippen LogP contribution in [0.1, 0.15) is 65.8 Å². The van der Waals surface area contributed by atoms with Crippen LogP contribution in [-0.4, -0.2) is 38.4 Å². The number of esters is 2. The molecule has 3 rings (SSSR count). The molecule has 0 unspecified atom stereocenters. The van der Waals surface area contributed by atoms with Crippen LogP contribution in [0.5, 0.6) is 11.5 Å². The Morgan fingerprint density at radius 2 is 1.15 bits per heavy atom. The SMILES string of the molecule is CCOC(=O)c1cc(OCCCCCCOc2ccc(N=Nc3ccc(C#N)cc3)cc2)cc(C(=O)OCC)c1. The highest BCUT2D eigenvalue weighted by Gasteiger charge is 2.15. The van der Waals surface area contributed by atoms with Gasteiger partial charge >= 0.3 is 11.9 Å². The molecule has 0 N–H and O–H groups in total. The number of carbonyl (C=O) groups excluding carboxylic acids is 2. The van der Waals surface area contributed by atoms with Gasteiger partial charge in [-0.1, -0.05) is 0 Å². The van der Waals surface area contributed by atoms with E-state index in [1.165, 1.54) is 6.07 Å². The number of rotatable bonds is 15. The first-order chi connectivity index (χ1) is 19.5. The van der Waals surface area contributed by atoms with Gasteiger partial charge in [0.25, 0.3) is 0 Å². The summed E-state index contributed by atoms with van der Waals surface area (Å²) >= 11 is 0. The number of unbranched alkanes of at least 4 members (excludes halogenated alkanes) is 3. The summed E-state index contributed by atoms with van der Waals surface area (Å²) < 4.78 is 21.7. The lowest BCUT2D eigenvalue weighted by Gasteiger charge is -2.11. The highest BCUT2D eigenvalue weighted by molar-refractivity contribution is 5.96. The van der Waals surface area contributed by atoms with Crippen LogP contribution in [0, 0.1) is 11.3 Å². The first-order valence-corrected chi connectivity index (χ1v) is 13.3. The summed E-state index contributed by atoms with van der Waals surface area (Å²) in [6.45, 7) is 4.97. The van der Waals surface area contributed by atoms with Crippen LogP contribution in [-0.2, 0) is 9.47 Å². The summed E-state index contributed by atoms with van der Waals surface area (Å²) in [5.41, 5.74) is 2.47. The van der Waals surface area contributed by atoms with Gasteiger partial charge in [-0.15, -0.1) is 0 Å². The Balaban J connectivity index is 1.36. The molecule has 0 atom stereocenters. The van der Waals surface area contributed by atoms with Crippen molar-refractivity contribution in [3.8, 4) is 17.6 Å². The minimum Gasteiger partial charge on any atom is -0.494 e. The monoisotopic (exact) mass is 543 g/mol. The van der Waals surface area contributed by atoms with Crippen molar-refractivity contribution in [1.82, 2.24) is 0 Å². The second-order valence-corrected chi connectivity index (χ2v) is 8.65. The Kier molecular flexibility index (Phi) is 12.2. The van der Waals surface area contributed by atoms with Crippen molar-refractivity contribution in [3.05, 3.63) is 83.4 Å². The highest BCUT2D eigenvalue weighted by Crippen LogP contribution is 2.22. The number of nitriles is 1. The van der Waals surface area contributed by atoms with E-state index in [0.717, 1.165) is 31.4 Å². The van der Waals surface area contributed by atoms with Crippen molar-refractivity contribution >= 4 is 23.3 Å². The van der Waals surface area contributed by atoms with E-state index in [1.54, 1.807) is 50.2 Å². The maximum atomic E-state index is 12.2. The number of hydrogen-bond donors (Lipinski definition) is 0. The lowest BCUT2D eigenvalue weighted by atomic mass is 10.1. The molecule has 9 heteroatoms. The van der Waals surface area contributed by atoms with Crippen LogP contribution in [0.4, 0.5) is 11.4 Å². The standard InChI is InChI=1S/C31H33N3O6/c1-3-37-30(35)24-19-25(31(36)38-4-2)21-29(20-24)40-18-8-6-5-7-17-39-28-15-13-27(14-16-28)34-33-26-11-9-23(22-32)10-12-26/h9-16,19-21H,3-8,17-18H2,1-2H3. The molecule has 3 aromatic carbocycles. The molecule has 0 saturated carbocycles. The predicted molar refractivity (Wildman–Crippen MR) is 150 cm³/mol. The number of benzene rings is 3. The Hall–Kier alpha value is -4.71. The minimum atomic E-state index is -0.513. The zero-order chi connectivity index (χ0) is 28.6. The molecular formula is C31H33N3O6. The molecule has 0 heterocycles. The number of nitrogens with zero attached hydrogens (tertiary/aromatic N) is 3. The van der Waals surface area contributed by atoms with Gasteiger partial charge in [-0.05, 0) is 106 Å². The van der Waals surface area contributed by atoms with Crippen LogP contribution in [0.25, 0.3) is 0 Å². The molecule has 9 nitrogen and oxygen atoms in total. The lowest BCUT2D eigenvalue weighted by Crippen LogP contribution is -2.10. The van der Waals surface area contributed by atoms with E-state index >= 15 is 0 Å². The average Bonchev–Trinajstić information content (AvgIpc) is 2.98. The van der Waals surface area contributed by atoms with Crippen molar-refractivity contribution in [2.45, 2.75) is 39.5 Å². The largest absolute Gasteiger partial charge is 0.494 e. The molecule has 0 aromatic heterocycles. The van der Waals surface area contributed by atoms with Gasteiger partial charge in [-0.25, -0.2) is 9.59 Å². The molecule has 0 saturated heterocycles. The highest BCUT2D eigenvalue weighted by atomic mass is 16.5. The molecule has 0 fully saturated rings. The molecule has 0 bridgehead atoms. The maximum absolute atomic E-state index is 12.2. The molecule has 0 spiro atoms. The van der Waals surface area contributed by atoms with Gasteiger partial charge in [0.2, 0.25) is 0 Å². The Labute approximate surface area is 234 Å². The van der Waals surface area contributed by atoms with Crippen molar-refractivity contribution in [2.24, 2.45) is 10.2 Å². The molecule has 0 radical (unpaired) electrons. The van der Waals surface area contributed by atoms with E-state index in [0.29, 0.717) is 35.9 Å². The van der Waals surface area contributed by atoms with E-state index < -0.39 is 11.9 Å². The van der Waals surface area contributed by atoms with Gasteiger partial charge in [0.15, 0.2) is 0 Å². The summed E-state index contributed by atoms with van der Waals surface area (Å²) in [6.07, 6.45) is 3.63. The van der Waals surface area contributed by atoms with Crippen molar-refractivity contribution < 1.29 is 28.5 Å². The fraction of sp³-hybridized carbons (Fsp3) is 0.323. The van der Waals surface area contributed by atoms with Crippen LogP contribution >= 0.6 is 0 Å². The third-order valence-electron chi connectivity index (χ3n) is 5.62. The molecule has 0 aliphatic heterocycles. The summed E-state index contributed by atoms with van der Waals surface area (Å²) in [5, 5.41) is 17.2. The zero-order valence-corrected chi connectivity index (χ0v) is 22.8. The van der Waals surface area contributed by atoms with E-state index in [1.807, 2.05) is 24.3 Å². The summed E-state index contributed by atoms with van der Waals surface area (Å²) in [4.78, 5) is 24.3. The number of carbonyl (C=O) groups is 2. The molecule has 0 aliphatic rings. The van der Waals surface area contributed by atoms with E-state index in [-0.39, 0.29) is 24.3 Å². The fourth-order valence-electron chi connectivity index (χ4n) is 3.61. The van der Waals surface area contributed by atoms with Gasteiger partial charge in [0.05, 0.1) is 60.6 Å². The summed E-state index contributed by atoms with van der Waals surface area (Å²) in [5.74, 6) is 0.164. The van der Waals surface area contributed by atoms with Crippen molar-refractivity contribution in [2.75, 3.05) is 26.4 Å². The van der Waals surface area contributed by atoms with Gasteiger partial charge in [-0.3, -0.25) is 0 Å². The summed E-state index contributed by atoms with van der Waals surface area (Å²) in [7, 11) is 0. The molecule has 0 aliphatic carbocycles. The quantitative estimate of drug-likeness (QED) is 0.112. The van der Waals surface area contributed by atoms with E-state index in [9.17, 15) is 9.59 Å². The third kappa shape index (κ3) is 9.87. The van der Waals surface area contributed by atoms with Crippen LogP contribution in [0.3, 0.4) is 0 Å². The Morgan fingerprint density at radius 1 is 0.675 bits per heavy atom. The third-order valence-corrected chi connectivity index (χ3v) is 5.62. The average molecular weight is 544 g/mol. The van der Waals surface area contributed by atoms with Crippen molar-refractivity contribution in [3.63, 3.8) is 0 Å². The Morgan fingerprint density at radius 3 is 1.62 bits per heavy atom. The molecule has 40 heavy (non-hydrogen) atoms. The summed E-state index contributed by atoms with van der Waals surface area (Å²) in [6, 6.07) is 21.0. The second-order valence-electron chi connectivity index (χ2n) is 8.65. The van der Waals surface area contributed by atoms with Crippen LogP contribution in [0.2, 0.25) is 0 Å². The molecule has 3 aromatic rings. The smallest absolute Gasteiger partial charge is 0.338 e. The van der Waals surface area contributed by atoms with Gasteiger partial charge in [0, 0.05) is 0 Å². The number of hydrogen-bond acceptors (Lipinski definition) is 9. The molecule has 0 amide bonds. The maximum Gasteiger partial charge on any atom is 0.338 e. The minimum absolute atomic E-state index is 0.237. The zero-order valence-electron chi connectivity index (χ0n) is 22.8. The number of ether oxygens (including phenoxy) is 4. The number of azo groups is 1. The van der Waals surface area contributed by atoms with Crippen molar-refractivity contribution in [1.29, 1.82) is 5.26 Å². The van der Waals surface area contributed by atoms with E-state index in [2.05, 4.69) is 16.3 Å². The normalized spacial score (nSPS) is 10.6. The topological polar surface area (TPSA) is 120 Å². The first kappa shape index (κ1) is 29.8. The predicted octanol–water partition coefficient (Wildman–Crippen LogP) is 7.35. The van der Waals surface area contributed by atoms with Crippen LogP contribution < -0.4 is 9.47 Å².